The summed E-state index contributed by atoms with van der Waals surface area (Å²) >= 11 is 0. The van der Waals surface area contributed by atoms with Gasteiger partial charge in [0.1, 0.15) is 0 Å². The molecule has 0 aliphatic rings. The molecule has 4 heteroatoms. The summed E-state index contributed by atoms with van der Waals surface area (Å²) in [6.45, 7) is 8.83. The topological polar surface area (TPSA) is 46.2 Å². The van der Waals surface area contributed by atoms with E-state index in [1.807, 2.05) is 33.8 Å². The fraction of sp³-hybridized carbons (Fsp3) is 0.571. The van der Waals surface area contributed by atoms with Crippen molar-refractivity contribution in [1.29, 1.82) is 0 Å². The molecule has 0 fully saturated rings. The lowest BCUT2D eigenvalue weighted by molar-refractivity contribution is 0.541. The quantitative estimate of drug-likeness (QED) is 0.863. The molecule has 0 heterocycles. The molecule has 0 aliphatic heterocycles. The van der Waals surface area contributed by atoms with E-state index in [4.69, 9.17) is 0 Å². The average Bonchev–Trinajstić information content (AvgIpc) is 2.30. The maximum absolute atomic E-state index is 12.2. The van der Waals surface area contributed by atoms with E-state index < -0.39 is 9.84 Å². The van der Waals surface area contributed by atoms with E-state index in [9.17, 15) is 8.42 Å². The number of benzene rings is 1. The molecule has 1 atom stereocenters. The number of rotatable bonds is 6. The zero-order valence-corrected chi connectivity index (χ0v) is 12.5. The van der Waals surface area contributed by atoms with Crippen LogP contribution < -0.4 is 5.32 Å². The molecule has 0 aromatic heterocycles. The third-order valence-electron chi connectivity index (χ3n) is 3.21. The van der Waals surface area contributed by atoms with E-state index in [-0.39, 0.29) is 11.8 Å². The van der Waals surface area contributed by atoms with Gasteiger partial charge < -0.3 is 5.32 Å². The van der Waals surface area contributed by atoms with Gasteiger partial charge in [-0.25, -0.2) is 8.42 Å². The van der Waals surface area contributed by atoms with Gasteiger partial charge in [0.15, 0.2) is 9.84 Å². The zero-order chi connectivity index (χ0) is 13.8. The lowest BCUT2D eigenvalue weighted by atomic mass is 10.1. The maximum atomic E-state index is 12.2. The van der Waals surface area contributed by atoms with Crippen LogP contribution >= 0.6 is 0 Å². The summed E-state index contributed by atoms with van der Waals surface area (Å²) in [7, 11) is -3.15. The average molecular weight is 269 g/mol. The van der Waals surface area contributed by atoms with Crippen LogP contribution in [0.5, 0.6) is 0 Å². The summed E-state index contributed by atoms with van der Waals surface area (Å²) in [5.74, 6) is 0.198. The Morgan fingerprint density at radius 3 is 2.44 bits per heavy atom. The monoisotopic (exact) mass is 269 g/mol. The predicted molar refractivity (Wildman–Crippen MR) is 75.7 cm³/mol. The van der Waals surface area contributed by atoms with Crippen LogP contribution in [0, 0.1) is 13.8 Å². The first-order chi connectivity index (χ1) is 8.36. The first kappa shape index (κ1) is 15.2. The van der Waals surface area contributed by atoms with Crippen LogP contribution in [0.15, 0.2) is 23.1 Å². The van der Waals surface area contributed by atoms with E-state index in [0.717, 1.165) is 17.7 Å². The highest BCUT2D eigenvalue weighted by Gasteiger charge is 2.16. The Morgan fingerprint density at radius 2 is 1.89 bits per heavy atom. The number of hydrogen-bond acceptors (Lipinski definition) is 3. The zero-order valence-electron chi connectivity index (χ0n) is 11.7. The van der Waals surface area contributed by atoms with Crippen molar-refractivity contribution in [3.05, 3.63) is 29.3 Å². The van der Waals surface area contributed by atoms with E-state index in [0.29, 0.717) is 11.3 Å². The van der Waals surface area contributed by atoms with Crippen molar-refractivity contribution in [2.45, 2.75) is 45.1 Å². The third-order valence-corrected chi connectivity index (χ3v) is 4.95. The fourth-order valence-corrected chi connectivity index (χ4v) is 3.34. The number of hydrogen-bond donors (Lipinski definition) is 1. The molecular formula is C14H23NO2S. The van der Waals surface area contributed by atoms with Crippen LogP contribution in [0.1, 0.15) is 31.4 Å². The number of aryl methyl sites for hydroxylation is 2. The lowest BCUT2D eigenvalue weighted by Crippen LogP contribution is -2.27. The fourth-order valence-electron chi connectivity index (χ4n) is 1.81. The third kappa shape index (κ3) is 4.10. The predicted octanol–water partition coefficient (Wildman–Crippen LogP) is 2.47. The van der Waals surface area contributed by atoms with Gasteiger partial charge in [0, 0.05) is 6.04 Å². The van der Waals surface area contributed by atoms with Crippen molar-refractivity contribution in [2.24, 2.45) is 0 Å². The first-order valence-corrected chi connectivity index (χ1v) is 8.05. The standard InChI is InChI=1S/C14H23NO2S/c1-5-15-13(4)8-9-18(16,17)14-7-6-11(2)12(3)10-14/h6-7,10,13,15H,5,8-9H2,1-4H3. The van der Waals surface area contributed by atoms with Gasteiger partial charge in [-0.3, -0.25) is 0 Å². The van der Waals surface area contributed by atoms with Gasteiger partial charge in [0.2, 0.25) is 0 Å². The second-order valence-corrected chi connectivity index (χ2v) is 6.92. The molecular weight excluding hydrogens is 246 g/mol. The maximum Gasteiger partial charge on any atom is 0.178 e. The Kier molecular flexibility index (Phi) is 5.35. The van der Waals surface area contributed by atoms with Gasteiger partial charge >= 0.3 is 0 Å². The van der Waals surface area contributed by atoms with Gasteiger partial charge in [-0.05, 0) is 57.0 Å². The Bertz CT molecular complexity index is 495. The van der Waals surface area contributed by atoms with Crippen molar-refractivity contribution < 1.29 is 8.42 Å². The molecule has 1 rings (SSSR count). The van der Waals surface area contributed by atoms with Crippen molar-refractivity contribution in [3.63, 3.8) is 0 Å². The SMILES string of the molecule is CCNC(C)CCS(=O)(=O)c1ccc(C)c(C)c1. The molecule has 1 aromatic carbocycles. The highest BCUT2D eigenvalue weighted by Crippen LogP contribution is 2.17. The van der Waals surface area contributed by atoms with Crippen molar-refractivity contribution in [3.8, 4) is 0 Å². The van der Waals surface area contributed by atoms with Crippen LogP contribution in [-0.4, -0.2) is 26.8 Å². The molecule has 0 aliphatic carbocycles. The van der Waals surface area contributed by atoms with Gasteiger partial charge in [-0.1, -0.05) is 13.0 Å². The molecule has 0 saturated heterocycles. The van der Waals surface area contributed by atoms with Crippen LogP contribution in [0.2, 0.25) is 0 Å². The summed E-state index contributed by atoms with van der Waals surface area (Å²) in [6.07, 6.45) is 0.642. The van der Waals surface area contributed by atoms with Crippen LogP contribution in [-0.2, 0) is 9.84 Å². The minimum absolute atomic E-state index is 0.198. The van der Waals surface area contributed by atoms with E-state index in [1.54, 1.807) is 12.1 Å². The van der Waals surface area contributed by atoms with E-state index in [1.165, 1.54) is 0 Å². The highest BCUT2D eigenvalue weighted by molar-refractivity contribution is 7.91. The van der Waals surface area contributed by atoms with Gasteiger partial charge in [0.25, 0.3) is 0 Å². The Balaban J connectivity index is 2.77. The lowest BCUT2D eigenvalue weighted by Gasteiger charge is -2.12. The molecule has 1 N–H and O–H groups in total. The first-order valence-electron chi connectivity index (χ1n) is 6.40. The van der Waals surface area contributed by atoms with Crippen LogP contribution in [0.25, 0.3) is 0 Å². The summed E-state index contributed by atoms with van der Waals surface area (Å²) < 4.78 is 24.4. The normalized spacial score (nSPS) is 13.6. The van der Waals surface area contributed by atoms with Crippen molar-refractivity contribution >= 4 is 9.84 Å². The summed E-state index contributed by atoms with van der Waals surface area (Å²) in [6, 6.07) is 5.57. The Hall–Kier alpha value is -0.870. The van der Waals surface area contributed by atoms with Gasteiger partial charge in [-0.2, -0.15) is 0 Å². The molecule has 1 aromatic rings. The summed E-state index contributed by atoms with van der Waals surface area (Å²) in [5, 5.41) is 3.23. The smallest absolute Gasteiger partial charge is 0.178 e. The summed E-state index contributed by atoms with van der Waals surface area (Å²) in [5.41, 5.74) is 2.14. The minimum Gasteiger partial charge on any atom is -0.314 e. The van der Waals surface area contributed by atoms with Gasteiger partial charge in [0.05, 0.1) is 10.6 Å². The second-order valence-electron chi connectivity index (χ2n) is 4.81. The van der Waals surface area contributed by atoms with Crippen LogP contribution in [0.3, 0.4) is 0 Å². The largest absolute Gasteiger partial charge is 0.314 e. The number of sulfone groups is 1. The van der Waals surface area contributed by atoms with Crippen molar-refractivity contribution in [1.82, 2.24) is 5.32 Å². The van der Waals surface area contributed by atoms with E-state index in [2.05, 4.69) is 5.32 Å². The molecule has 0 bridgehead atoms. The molecule has 1 unspecified atom stereocenters. The minimum atomic E-state index is -3.15. The molecule has 102 valence electrons. The van der Waals surface area contributed by atoms with Gasteiger partial charge in [-0.15, -0.1) is 0 Å². The molecule has 3 nitrogen and oxygen atoms in total. The van der Waals surface area contributed by atoms with E-state index >= 15 is 0 Å². The summed E-state index contributed by atoms with van der Waals surface area (Å²) in [4.78, 5) is 0.439. The molecule has 0 radical (unpaired) electrons. The molecule has 0 spiro atoms. The Labute approximate surface area is 111 Å². The highest BCUT2D eigenvalue weighted by atomic mass is 32.2. The molecule has 0 amide bonds. The Morgan fingerprint density at radius 1 is 1.22 bits per heavy atom. The molecule has 0 saturated carbocycles. The van der Waals surface area contributed by atoms with Crippen LogP contribution in [0.4, 0.5) is 0 Å². The van der Waals surface area contributed by atoms with Crippen molar-refractivity contribution in [2.75, 3.05) is 12.3 Å². The second kappa shape index (κ2) is 6.34. The molecule has 18 heavy (non-hydrogen) atoms. The number of nitrogens with one attached hydrogen (secondary N) is 1.